The third-order valence-electron chi connectivity index (χ3n) is 4.30. The molecule has 0 bridgehead atoms. The number of benzene rings is 2. The molecule has 4 nitrogen and oxygen atoms in total. The van der Waals surface area contributed by atoms with E-state index < -0.39 is 0 Å². The highest BCUT2D eigenvalue weighted by Crippen LogP contribution is 2.16. The molecule has 2 amide bonds. The number of hydrogen-bond acceptors (Lipinski definition) is 2. The Morgan fingerprint density at radius 3 is 2.12 bits per heavy atom. The maximum atomic E-state index is 12.6. The third kappa shape index (κ3) is 3.44. The van der Waals surface area contributed by atoms with E-state index in [0.717, 1.165) is 11.1 Å². The van der Waals surface area contributed by atoms with Crippen LogP contribution in [0.15, 0.2) is 48.5 Å². The fourth-order valence-electron chi connectivity index (χ4n) is 2.90. The SMILES string of the molecule is Cc1ccccc1C(=O)N1CCN(C(=O)c2cccc(Cl)c2)CC1. The maximum absolute atomic E-state index is 12.6. The summed E-state index contributed by atoms with van der Waals surface area (Å²) in [6, 6.07) is 14.5. The van der Waals surface area contributed by atoms with Gasteiger partial charge in [-0.3, -0.25) is 9.59 Å². The van der Waals surface area contributed by atoms with Crippen molar-refractivity contribution in [3.63, 3.8) is 0 Å². The van der Waals surface area contributed by atoms with Gasteiger partial charge in [0.1, 0.15) is 0 Å². The minimum absolute atomic E-state index is 0.0305. The summed E-state index contributed by atoms with van der Waals surface area (Å²) in [5.74, 6) is -0.0107. The first-order valence-corrected chi connectivity index (χ1v) is 8.34. The van der Waals surface area contributed by atoms with Gasteiger partial charge in [-0.1, -0.05) is 35.9 Å². The summed E-state index contributed by atoms with van der Waals surface area (Å²) in [7, 11) is 0. The molecule has 0 aliphatic carbocycles. The monoisotopic (exact) mass is 342 g/mol. The minimum Gasteiger partial charge on any atom is -0.335 e. The zero-order valence-corrected chi connectivity index (χ0v) is 14.3. The summed E-state index contributed by atoms with van der Waals surface area (Å²) in [6.07, 6.45) is 0. The number of piperazine rings is 1. The molecule has 0 aromatic heterocycles. The van der Waals surface area contributed by atoms with Gasteiger partial charge in [0.2, 0.25) is 0 Å². The Bertz CT molecular complexity index is 767. The number of carbonyl (C=O) groups excluding carboxylic acids is 2. The van der Waals surface area contributed by atoms with Gasteiger partial charge in [0.05, 0.1) is 0 Å². The molecule has 2 aromatic carbocycles. The molecule has 1 aliphatic rings. The predicted octanol–water partition coefficient (Wildman–Crippen LogP) is 3.25. The summed E-state index contributed by atoms with van der Waals surface area (Å²) >= 11 is 5.95. The van der Waals surface area contributed by atoms with Gasteiger partial charge in [-0.2, -0.15) is 0 Å². The van der Waals surface area contributed by atoms with Crippen molar-refractivity contribution in [2.24, 2.45) is 0 Å². The van der Waals surface area contributed by atoms with Crippen molar-refractivity contribution in [2.75, 3.05) is 26.2 Å². The molecule has 1 saturated heterocycles. The Hall–Kier alpha value is -2.33. The Morgan fingerprint density at radius 1 is 0.875 bits per heavy atom. The second-order valence-corrected chi connectivity index (χ2v) is 6.35. The van der Waals surface area contributed by atoms with Gasteiger partial charge in [0, 0.05) is 42.3 Å². The molecule has 124 valence electrons. The van der Waals surface area contributed by atoms with Crippen molar-refractivity contribution in [3.8, 4) is 0 Å². The lowest BCUT2D eigenvalue weighted by Gasteiger charge is -2.35. The topological polar surface area (TPSA) is 40.6 Å². The summed E-state index contributed by atoms with van der Waals surface area (Å²) in [6.45, 7) is 4.08. The van der Waals surface area contributed by atoms with Crippen molar-refractivity contribution >= 4 is 23.4 Å². The molecule has 5 heteroatoms. The van der Waals surface area contributed by atoms with E-state index in [2.05, 4.69) is 0 Å². The van der Waals surface area contributed by atoms with E-state index in [4.69, 9.17) is 11.6 Å². The van der Waals surface area contributed by atoms with Crippen LogP contribution in [0.2, 0.25) is 5.02 Å². The van der Waals surface area contributed by atoms with Crippen LogP contribution in [0.1, 0.15) is 26.3 Å². The molecule has 1 aliphatic heterocycles. The molecule has 1 fully saturated rings. The molecular formula is C19H19ClN2O2. The summed E-state index contributed by atoms with van der Waals surface area (Å²) < 4.78 is 0. The van der Waals surface area contributed by atoms with Crippen LogP contribution < -0.4 is 0 Å². The normalized spacial score (nSPS) is 14.6. The molecular weight excluding hydrogens is 324 g/mol. The average molecular weight is 343 g/mol. The van der Waals surface area contributed by atoms with Crippen LogP contribution in [0, 0.1) is 6.92 Å². The summed E-state index contributed by atoms with van der Waals surface area (Å²) in [5.41, 5.74) is 2.29. The Kier molecular flexibility index (Phi) is 4.86. The van der Waals surface area contributed by atoms with Gasteiger partial charge in [0.25, 0.3) is 11.8 Å². The molecule has 3 rings (SSSR count). The molecule has 1 heterocycles. The molecule has 0 saturated carbocycles. The first-order valence-electron chi connectivity index (χ1n) is 7.96. The van der Waals surface area contributed by atoms with E-state index in [9.17, 15) is 9.59 Å². The smallest absolute Gasteiger partial charge is 0.254 e. The number of hydrogen-bond donors (Lipinski definition) is 0. The van der Waals surface area contributed by atoms with E-state index in [1.54, 1.807) is 29.2 Å². The number of amides is 2. The number of aryl methyl sites for hydroxylation is 1. The van der Waals surface area contributed by atoms with Crippen LogP contribution >= 0.6 is 11.6 Å². The highest BCUT2D eigenvalue weighted by molar-refractivity contribution is 6.30. The molecule has 0 N–H and O–H groups in total. The average Bonchev–Trinajstić information content (AvgIpc) is 2.61. The highest BCUT2D eigenvalue weighted by Gasteiger charge is 2.26. The number of carbonyl (C=O) groups is 2. The molecule has 2 aromatic rings. The lowest BCUT2D eigenvalue weighted by Crippen LogP contribution is -2.50. The van der Waals surface area contributed by atoms with Crippen molar-refractivity contribution in [2.45, 2.75) is 6.92 Å². The van der Waals surface area contributed by atoms with Crippen molar-refractivity contribution in [1.82, 2.24) is 9.80 Å². The van der Waals surface area contributed by atoms with Gasteiger partial charge in [-0.15, -0.1) is 0 Å². The number of rotatable bonds is 2. The van der Waals surface area contributed by atoms with E-state index in [-0.39, 0.29) is 11.8 Å². The van der Waals surface area contributed by atoms with Gasteiger partial charge < -0.3 is 9.80 Å². The number of nitrogens with zero attached hydrogens (tertiary/aromatic N) is 2. The van der Waals surface area contributed by atoms with Crippen LogP contribution in [0.3, 0.4) is 0 Å². The maximum Gasteiger partial charge on any atom is 0.254 e. The zero-order chi connectivity index (χ0) is 17.1. The van der Waals surface area contributed by atoms with Gasteiger partial charge in [-0.05, 0) is 36.8 Å². The Morgan fingerprint density at radius 2 is 1.50 bits per heavy atom. The van der Waals surface area contributed by atoms with Crippen molar-refractivity contribution in [3.05, 3.63) is 70.2 Å². The molecule has 0 spiro atoms. The van der Waals surface area contributed by atoms with E-state index in [1.165, 1.54) is 0 Å². The molecule has 24 heavy (non-hydrogen) atoms. The first kappa shape index (κ1) is 16.5. The largest absolute Gasteiger partial charge is 0.335 e. The van der Waals surface area contributed by atoms with Crippen LogP contribution in [0.4, 0.5) is 0 Å². The van der Waals surface area contributed by atoms with E-state index in [1.807, 2.05) is 36.1 Å². The fraction of sp³-hybridized carbons (Fsp3) is 0.263. The Balaban J connectivity index is 1.65. The van der Waals surface area contributed by atoms with Gasteiger partial charge in [-0.25, -0.2) is 0 Å². The van der Waals surface area contributed by atoms with Crippen LogP contribution in [0.25, 0.3) is 0 Å². The van der Waals surface area contributed by atoms with Crippen LogP contribution in [0.5, 0.6) is 0 Å². The van der Waals surface area contributed by atoms with Crippen molar-refractivity contribution in [1.29, 1.82) is 0 Å². The standard InChI is InChI=1S/C19H19ClN2O2/c1-14-5-2-3-8-17(14)19(24)22-11-9-21(10-12-22)18(23)15-6-4-7-16(20)13-15/h2-8,13H,9-12H2,1H3. The number of halogens is 1. The Labute approximate surface area is 146 Å². The fourth-order valence-corrected chi connectivity index (χ4v) is 3.09. The van der Waals surface area contributed by atoms with E-state index in [0.29, 0.717) is 36.8 Å². The third-order valence-corrected chi connectivity index (χ3v) is 4.54. The molecule has 0 atom stereocenters. The lowest BCUT2D eigenvalue weighted by molar-refractivity contribution is 0.0535. The summed E-state index contributed by atoms with van der Waals surface area (Å²) in [5, 5.41) is 0.550. The van der Waals surface area contributed by atoms with E-state index >= 15 is 0 Å². The van der Waals surface area contributed by atoms with Gasteiger partial charge in [0.15, 0.2) is 0 Å². The predicted molar refractivity (Wildman–Crippen MR) is 94.4 cm³/mol. The lowest BCUT2D eigenvalue weighted by atomic mass is 10.1. The quantitative estimate of drug-likeness (QED) is 0.840. The highest BCUT2D eigenvalue weighted by atomic mass is 35.5. The second kappa shape index (κ2) is 7.05. The minimum atomic E-state index is -0.0412. The zero-order valence-electron chi connectivity index (χ0n) is 13.5. The second-order valence-electron chi connectivity index (χ2n) is 5.91. The van der Waals surface area contributed by atoms with Crippen molar-refractivity contribution < 1.29 is 9.59 Å². The van der Waals surface area contributed by atoms with Crippen LogP contribution in [-0.4, -0.2) is 47.8 Å². The summed E-state index contributed by atoms with van der Waals surface area (Å²) in [4.78, 5) is 28.7. The van der Waals surface area contributed by atoms with Crippen LogP contribution in [-0.2, 0) is 0 Å². The van der Waals surface area contributed by atoms with Gasteiger partial charge >= 0.3 is 0 Å². The molecule has 0 unspecified atom stereocenters. The molecule has 0 radical (unpaired) electrons. The first-order chi connectivity index (χ1) is 11.6.